The molecule has 3 nitrogen and oxygen atoms in total. The van der Waals surface area contributed by atoms with Crippen LogP contribution in [-0.4, -0.2) is 17.7 Å². The summed E-state index contributed by atoms with van der Waals surface area (Å²) in [6.45, 7) is 9.98. The number of rotatable bonds is 7. The van der Waals surface area contributed by atoms with Gasteiger partial charge in [0.05, 0.1) is 11.8 Å². The number of Topliss-reactive ketones (excluding diaryl/α,β-unsaturated/α-hetero) is 2. The Hall–Kier alpha value is -2.42. The zero-order valence-electron chi connectivity index (χ0n) is 26.9. The number of carbonyl (C=O) groups is 2. The Bertz CT molecular complexity index is 1360. The van der Waals surface area contributed by atoms with E-state index in [0.29, 0.717) is 22.0 Å². The molecule has 3 fully saturated rings. The van der Waals surface area contributed by atoms with E-state index in [4.69, 9.17) is 4.74 Å². The van der Waals surface area contributed by atoms with E-state index in [1.807, 2.05) is 42.5 Å². The van der Waals surface area contributed by atoms with Crippen LogP contribution in [0, 0.1) is 52.3 Å². The number of hydrogen-bond acceptors (Lipinski definition) is 3. The Kier molecular flexibility index (Phi) is 7.62. The van der Waals surface area contributed by atoms with Crippen LogP contribution in [0.15, 0.2) is 54.2 Å². The lowest BCUT2D eigenvalue weighted by Gasteiger charge is -2.58. The van der Waals surface area contributed by atoms with Crippen LogP contribution in [0.25, 0.3) is 0 Å². The Morgan fingerprint density at radius 2 is 1.65 bits per heavy atom. The molecule has 230 valence electrons. The van der Waals surface area contributed by atoms with Gasteiger partial charge in [-0.2, -0.15) is 0 Å². The third-order valence-electron chi connectivity index (χ3n) is 13.4. The molecule has 0 saturated heterocycles. The number of ether oxygens (including phenoxy) is 1. The van der Waals surface area contributed by atoms with Crippen molar-refractivity contribution >= 4 is 11.6 Å². The summed E-state index contributed by atoms with van der Waals surface area (Å²) in [6.07, 6.45) is 26.1. The van der Waals surface area contributed by atoms with Gasteiger partial charge in [0.2, 0.25) is 0 Å². The van der Waals surface area contributed by atoms with E-state index < -0.39 is 0 Å². The second kappa shape index (κ2) is 11.2. The Morgan fingerprint density at radius 1 is 0.884 bits per heavy atom. The molecule has 7 rings (SSSR count). The third-order valence-corrected chi connectivity index (χ3v) is 13.4. The zero-order valence-corrected chi connectivity index (χ0v) is 26.9. The molecule has 0 spiro atoms. The lowest BCUT2D eigenvalue weighted by molar-refractivity contribution is -0.0492. The number of ketones is 2. The first kappa shape index (κ1) is 29.3. The van der Waals surface area contributed by atoms with Gasteiger partial charge in [0.25, 0.3) is 0 Å². The Balaban J connectivity index is 1.03. The quantitative estimate of drug-likeness (QED) is 0.238. The average Bonchev–Trinajstić information content (AvgIpc) is 3.34. The summed E-state index contributed by atoms with van der Waals surface area (Å²) in [5.41, 5.74) is 3.56. The van der Waals surface area contributed by atoms with Gasteiger partial charge >= 0.3 is 0 Å². The highest BCUT2D eigenvalue weighted by molar-refractivity contribution is 6.17. The molecule has 43 heavy (non-hydrogen) atoms. The number of hydrogen-bond donors (Lipinski definition) is 0. The summed E-state index contributed by atoms with van der Waals surface area (Å²) >= 11 is 0. The molecule has 0 aromatic heterocycles. The number of benzene rings is 1. The van der Waals surface area contributed by atoms with Gasteiger partial charge in [-0.25, -0.2) is 0 Å². The number of fused-ring (bicyclic) bond motifs is 7. The molecule has 3 saturated carbocycles. The molecule has 3 heteroatoms. The van der Waals surface area contributed by atoms with E-state index in [0.717, 1.165) is 48.2 Å². The summed E-state index contributed by atoms with van der Waals surface area (Å²) in [5, 5.41) is 0. The van der Waals surface area contributed by atoms with Crippen LogP contribution in [0.2, 0.25) is 0 Å². The first-order chi connectivity index (χ1) is 20.7. The summed E-state index contributed by atoms with van der Waals surface area (Å²) in [6, 6.07) is 5.58. The minimum atomic E-state index is -0.381. The Morgan fingerprint density at radius 3 is 2.42 bits per heavy atom. The highest BCUT2D eigenvalue weighted by atomic mass is 16.5. The van der Waals surface area contributed by atoms with Crippen LogP contribution >= 0.6 is 0 Å². The fourth-order valence-electron chi connectivity index (χ4n) is 10.9. The standard InChI is InChI=1S/C40H52O3/c1-25(2)9-5-6-10-26-14-18-35-33-16-13-27-23-29(19-21-40(27,4)36(33)20-22-39(26,35)3)43-28-15-17-32-34(24-28)38(42)31-12-8-7-11-30(31)37(32)41/h7-8,11-13,15,17,24-26,29-31,33,35-36H,5-6,9-10,14,16,18-23H2,1-4H3. The highest BCUT2D eigenvalue weighted by Gasteiger charge is 2.58. The van der Waals surface area contributed by atoms with Crippen LogP contribution in [-0.2, 0) is 0 Å². The van der Waals surface area contributed by atoms with Crippen molar-refractivity contribution in [2.75, 3.05) is 0 Å². The van der Waals surface area contributed by atoms with Crippen LogP contribution in [0.1, 0.15) is 125 Å². The first-order valence-electron chi connectivity index (χ1n) is 17.6. The first-order valence-corrected chi connectivity index (χ1v) is 17.6. The van der Waals surface area contributed by atoms with Crippen LogP contribution in [0.5, 0.6) is 5.75 Å². The molecule has 0 amide bonds. The number of carbonyl (C=O) groups excluding carboxylic acids is 2. The van der Waals surface area contributed by atoms with E-state index in [1.165, 1.54) is 64.2 Å². The largest absolute Gasteiger partial charge is 0.490 e. The summed E-state index contributed by atoms with van der Waals surface area (Å²) in [4.78, 5) is 26.4. The van der Waals surface area contributed by atoms with Gasteiger partial charge in [-0.3, -0.25) is 9.59 Å². The van der Waals surface area contributed by atoms with Gasteiger partial charge in [0.1, 0.15) is 11.9 Å². The van der Waals surface area contributed by atoms with Crippen molar-refractivity contribution in [3.63, 3.8) is 0 Å². The molecule has 6 aliphatic rings. The van der Waals surface area contributed by atoms with Gasteiger partial charge in [-0.15, -0.1) is 0 Å². The highest BCUT2D eigenvalue weighted by Crippen LogP contribution is 2.67. The maximum atomic E-state index is 13.3. The number of allylic oxidation sites excluding steroid dienone is 5. The van der Waals surface area contributed by atoms with Crippen molar-refractivity contribution in [3.8, 4) is 5.75 Å². The molecule has 1 aromatic rings. The van der Waals surface area contributed by atoms with Gasteiger partial charge in [-0.1, -0.05) is 82.9 Å². The fraction of sp³-hybridized carbons (Fsp3) is 0.650. The number of unbranched alkanes of at least 4 members (excludes halogenated alkanes) is 1. The molecular weight excluding hydrogens is 528 g/mol. The van der Waals surface area contributed by atoms with E-state index >= 15 is 0 Å². The molecule has 9 atom stereocenters. The van der Waals surface area contributed by atoms with Crippen LogP contribution < -0.4 is 4.74 Å². The van der Waals surface area contributed by atoms with E-state index in [-0.39, 0.29) is 29.5 Å². The van der Waals surface area contributed by atoms with Crippen molar-refractivity contribution in [2.45, 2.75) is 111 Å². The molecule has 1 aromatic carbocycles. The molecule has 9 unspecified atom stereocenters. The maximum absolute atomic E-state index is 13.3. The summed E-state index contributed by atoms with van der Waals surface area (Å²) < 4.78 is 6.60. The van der Waals surface area contributed by atoms with Crippen molar-refractivity contribution < 1.29 is 14.3 Å². The van der Waals surface area contributed by atoms with E-state index in [1.54, 1.807) is 5.57 Å². The third kappa shape index (κ3) is 4.92. The topological polar surface area (TPSA) is 43.4 Å². The van der Waals surface area contributed by atoms with Gasteiger partial charge in [0.15, 0.2) is 11.6 Å². The minimum absolute atomic E-state index is 0.0388. The summed E-state index contributed by atoms with van der Waals surface area (Å²) in [7, 11) is 0. The maximum Gasteiger partial charge on any atom is 0.171 e. The SMILES string of the molecule is CC(C)CCCCC1CCC2C3CC=C4CC(Oc5ccc6c(c5)C(=O)C5C=CC=CC5C6=O)CCC4(C)C3CCC12C. The van der Waals surface area contributed by atoms with E-state index in [9.17, 15) is 9.59 Å². The van der Waals surface area contributed by atoms with Crippen molar-refractivity contribution in [1.29, 1.82) is 0 Å². The Labute approximate surface area is 259 Å². The molecule has 0 bridgehead atoms. The molecule has 0 aliphatic heterocycles. The van der Waals surface area contributed by atoms with Crippen LogP contribution in [0.3, 0.4) is 0 Å². The molecule has 6 aliphatic carbocycles. The second-order valence-corrected chi connectivity index (χ2v) is 16.0. The molecule has 0 radical (unpaired) electrons. The van der Waals surface area contributed by atoms with Crippen molar-refractivity contribution in [2.24, 2.45) is 52.3 Å². The predicted octanol–water partition coefficient (Wildman–Crippen LogP) is 9.97. The monoisotopic (exact) mass is 580 g/mol. The lowest BCUT2D eigenvalue weighted by atomic mass is 9.47. The van der Waals surface area contributed by atoms with Gasteiger partial charge in [0, 0.05) is 17.5 Å². The summed E-state index contributed by atoms with van der Waals surface area (Å²) in [5.74, 6) is 4.40. The smallest absolute Gasteiger partial charge is 0.171 e. The molecule has 0 heterocycles. The zero-order chi connectivity index (χ0) is 29.9. The molecule has 0 N–H and O–H groups in total. The van der Waals surface area contributed by atoms with E-state index in [2.05, 4.69) is 33.8 Å². The van der Waals surface area contributed by atoms with Gasteiger partial charge in [-0.05, 0) is 110 Å². The fourth-order valence-corrected chi connectivity index (χ4v) is 10.9. The minimum Gasteiger partial charge on any atom is -0.490 e. The second-order valence-electron chi connectivity index (χ2n) is 16.0. The normalized spacial score (nSPS) is 39.5. The van der Waals surface area contributed by atoms with Crippen LogP contribution in [0.4, 0.5) is 0 Å². The lowest BCUT2D eigenvalue weighted by Crippen LogP contribution is -2.50. The van der Waals surface area contributed by atoms with Crippen molar-refractivity contribution in [3.05, 3.63) is 65.3 Å². The predicted molar refractivity (Wildman–Crippen MR) is 173 cm³/mol. The van der Waals surface area contributed by atoms with Gasteiger partial charge < -0.3 is 4.74 Å². The van der Waals surface area contributed by atoms with Crippen molar-refractivity contribution in [1.82, 2.24) is 0 Å². The molecular formula is C40H52O3. The average molecular weight is 581 g/mol.